The Morgan fingerprint density at radius 3 is 3.06 bits per heavy atom. The Morgan fingerprint density at radius 2 is 2.25 bits per heavy atom. The molecule has 2 aliphatic rings. The van der Waals surface area contributed by atoms with Crippen LogP contribution in [0.5, 0.6) is 0 Å². The second-order valence-corrected chi connectivity index (χ2v) is 4.90. The van der Waals surface area contributed by atoms with Crippen molar-refractivity contribution >= 4 is 11.6 Å². The number of rotatable bonds is 0. The predicted octanol–water partition coefficient (Wildman–Crippen LogP) is 2.23. The molecule has 0 saturated carbocycles. The molecule has 16 heavy (non-hydrogen) atoms. The minimum Gasteiger partial charge on any atom is -0.364 e. The van der Waals surface area contributed by atoms with E-state index in [0.717, 1.165) is 24.2 Å². The quantitative estimate of drug-likeness (QED) is 0.721. The van der Waals surface area contributed by atoms with E-state index in [4.69, 9.17) is 0 Å². The summed E-state index contributed by atoms with van der Waals surface area (Å²) in [4.78, 5) is 14.2. The second kappa shape index (κ2) is 3.24. The molecule has 3 nitrogen and oxygen atoms in total. The van der Waals surface area contributed by atoms with Crippen LogP contribution in [0.25, 0.3) is 0 Å². The summed E-state index contributed by atoms with van der Waals surface area (Å²) >= 11 is 0. The molecule has 0 spiro atoms. The van der Waals surface area contributed by atoms with Crippen LogP contribution in [0.15, 0.2) is 18.2 Å². The maximum Gasteiger partial charge on any atom is 0.257 e. The molecule has 2 unspecified atom stereocenters. The van der Waals surface area contributed by atoms with E-state index < -0.39 is 0 Å². The summed E-state index contributed by atoms with van der Waals surface area (Å²) in [5, 5.41) is 3.49. The van der Waals surface area contributed by atoms with Gasteiger partial charge in [0.2, 0.25) is 0 Å². The molecule has 84 valence electrons. The molecule has 1 saturated heterocycles. The maximum atomic E-state index is 12.2. The van der Waals surface area contributed by atoms with Crippen molar-refractivity contribution in [2.24, 2.45) is 5.92 Å². The first kappa shape index (κ1) is 9.70. The third-order valence-corrected chi connectivity index (χ3v) is 3.67. The van der Waals surface area contributed by atoms with Gasteiger partial charge >= 0.3 is 0 Å². The molecule has 3 rings (SSSR count). The minimum absolute atomic E-state index is 0.183. The largest absolute Gasteiger partial charge is 0.364 e. The fraction of sp³-hybridized carbons (Fsp3) is 0.462. The summed E-state index contributed by atoms with van der Waals surface area (Å²) < 4.78 is 0. The van der Waals surface area contributed by atoms with Crippen molar-refractivity contribution in [3.63, 3.8) is 0 Å². The van der Waals surface area contributed by atoms with Crippen LogP contribution in [0.1, 0.15) is 29.3 Å². The lowest BCUT2D eigenvalue weighted by atomic mass is 10.0. The van der Waals surface area contributed by atoms with Crippen LogP contribution in [0, 0.1) is 12.8 Å². The van der Waals surface area contributed by atoms with Crippen molar-refractivity contribution in [2.75, 3.05) is 11.9 Å². The highest BCUT2D eigenvalue weighted by Crippen LogP contribution is 2.33. The lowest BCUT2D eigenvalue weighted by Crippen LogP contribution is -2.46. The van der Waals surface area contributed by atoms with E-state index in [1.54, 1.807) is 0 Å². The SMILES string of the molecule is Cc1ccc2c(c1)NC1C(C)CCN1C2=O. The smallest absolute Gasteiger partial charge is 0.257 e. The second-order valence-electron chi connectivity index (χ2n) is 4.90. The van der Waals surface area contributed by atoms with Crippen LogP contribution in [0.3, 0.4) is 0 Å². The third kappa shape index (κ3) is 1.24. The fourth-order valence-corrected chi connectivity index (χ4v) is 2.67. The Kier molecular flexibility index (Phi) is 1.96. The topological polar surface area (TPSA) is 32.3 Å². The lowest BCUT2D eigenvalue weighted by Gasteiger charge is -2.34. The Hall–Kier alpha value is -1.51. The van der Waals surface area contributed by atoms with Gasteiger partial charge in [-0.25, -0.2) is 0 Å². The van der Waals surface area contributed by atoms with E-state index in [-0.39, 0.29) is 12.1 Å². The molecule has 1 amide bonds. The first-order valence-electron chi connectivity index (χ1n) is 5.85. The van der Waals surface area contributed by atoms with E-state index >= 15 is 0 Å². The van der Waals surface area contributed by atoms with E-state index in [0.29, 0.717) is 5.92 Å². The molecular weight excluding hydrogens is 200 g/mol. The molecule has 3 heteroatoms. The van der Waals surface area contributed by atoms with Gasteiger partial charge < -0.3 is 10.2 Å². The highest BCUT2D eigenvalue weighted by molar-refractivity contribution is 6.02. The summed E-state index contributed by atoms with van der Waals surface area (Å²) in [5.41, 5.74) is 3.01. The van der Waals surface area contributed by atoms with Gasteiger partial charge in [-0.1, -0.05) is 13.0 Å². The number of nitrogens with one attached hydrogen (secondary N) is 1. The molecule has 2 heterocycles. The molecule has 0 radical (unpaired) electrons. The van der Waals surface area contributed by atoms with Gasteiger partial charge in [-0.05, 0) is 37.0 Å². The molecule has 0 bridgehead atoms. The van der Waals surface area contributed by atoms with Gasteiger partial charge in [0.1, 0.15) is 6.17 Å². The zero-order valence-corrected chi connectivity index (χ0v) is 9.66. The van der Waals surface area contributed by atoms with Crippen LogP contribution >= 0.6 is 0 Å². The van der Waals surface area contributed by atoms with E-state index in [9.17, 15) is 4.79 Å². The average molecular weight is 216 g/mol. The van der Waals surface area contributed by atoms with Crippen LogP contribution in [-0.2, 0) is 0 Å². The molecule has 1 aromatic carbocycles. The zero-order chi connectivity index (χ0) is 11.3. The van der Waals surface area contributed by atoms with Gasteiger partial charge in [-0.15, -0.1) is 0 Å². The Balaban J connectivity index is 2.07. The lowest BCUT2D eigenvalue weighted by molar-refractivity contribution is 0.0728. The number of nitrogens with zero attached hydrogens (tertiary/aromatic N) is 1. The molecule has 1 aromatic rings. The zero-order valence-electron chi connectivity index (χ0n) is 9.66. The Bertz CT molecular complexity index is 455. The summed E-state index contributed by atoms with van der Waals surface area (Å²) in [6, 6.07) is 5.99. The number of amides is 1. The van der Waals surface area contributed by atoms with Crippen molar-refractivity contribution in [3.05, 3.63) is 29.3 Å². The molecule has 2 atom stereocenters. The van der Waals surface area contributed by atoms with Gasteiger partial charge in [0.15, 0.2) is 0 Å². The van der Waals surface area contributed by atoms with Gasteiger partial charge in [-0.3, -0.25) is 4.79 Å². The monoisotopic (exact) mass is 216 g/mol. The van der Waals surface area contributed by atoms with Gasteiger partial charge in [-0.2, -0.15) is 0 Å². The summed E-state index contributed by atoms with van der Waals surface area (Å²) in [7, 11) is 0. The molecule has 0 aromatic heterocycles. The third-order valence-electron chi connectivity index (χ3n) is 3.67. The first-order valence-corrected chi connectivity index (χ1v) is 5.85. The standard InChI is InChI=1S/C13H16N2O/c1-8-3-4-10-11(7-8)14-12-9(2)5-6-15(12)13(10)16/h3-4,7,9,12,14H,5-6H2,1-2H3. The van der Waals surface area contributed by atoms with Crippen molar-refractivity contribution in [3.8, 4) is 0 Å². The number of hydrogen-bond acceptors (Lipinski definition) is 2. The summed E-state index contributed by atoms with van der Waals surface area (Å²) in [6.07, 6.45) is 1.29. The highest BCUT2D eigenvalue weighted by Gasteiger charge is 2.39. The average Bonchev–Trinajstić information content (AvgIpc) is 2.61. The Labute approximate surface area is 95.4 Å². The maximum absolute atomic E-state index is 12.2. The van der Waals surface area contributed by atoms with Gasteiger partial charge in [0.25, 0.3) is 5.91 Å². The van der Waals surface area contributed by atoms with Crippen LogP contribution in [-0.4, -0.2) is 23.5 Å². The Morgan fingerprint density at radius 1 is 1.44 bits per heavy atom. The van der Waals surface area contributed by atoms with Crippen molar-refractivity contribution < 1.29 is 4.79 Å². The van der Waals surface area contributed by atoms with Crippen molar-refractivity contribution in [1.29, 1.82) is 0 Å². The molecule has 0 aliphatic carbocycles. The normalized spacial score (nSPS) is 27.4. The predicted molar refractivity (Wildman–Crippen MR) is 63.4 cm³/mol. The van der Waals surface area contributed by atoms with E-state index in [2.05, 4.69) is 25.2 Å². The van der Waals surface area contributed by atoms with E-state index in [1.165, 1.54) is 5.56 Å². The fourth-order valence-electron chi connectivity index (χ4n) is 2.67. The van der Waals surface area contributed by atoms with Gasteiger partial charge in [0.05, 0.1) is 5.56 Å². The number of aryl methyl sites for hydroxylation is 1. The molecule has 1 fully saturated rings. The van der Waals surface area contributed by atoms with Gasteiger partial charge in [0, 0.05) is 12.2 Å². The number of carbonyl (C=O) groups is 1. The number of fused-ring (bicyclic) bond motifs is 2. The number of hydrogen-bond donors (Lipinski definition) is 1. The van der Waals surface area contributed by atoms with Crippen LogP contribution in [0.2, 0.25) is 0 Å². The summed E-state index contributed by atoms with van der Waals surface area (Å²) in [6.45, 7) is 5.13. The molecule has 2 aliphatic heterocycles. The number of anilines is 1. The van der Waals surface area contributed by atoms with Crippen LogP contribution in [0.4, 0.5) is 5.69 Å². The minimum atomic E-state index is 0.183. The van der Waals surface area contributed by atoms with Crippen LogP contribution < -0.4 is 5.32 Å². The summed E-state index contributed by atoms with van der Waals surface area (Å²) in [5.74, 6) is 0.723. The first-order chi connectivity index (χ1) is 7.66. The molecule has 1 N–H and O–H groups in total. The van der Waals surface area contributed by atoms with Crippen molar-refractivity contribution in [1.82, 2.24) is 4.90 Å². The van der Waals surface area contributed by atoms with E-state index in [1.807, 2.05) is 17.0 Å². The molecular formula is C13H16N2O. The number of benzene rings is 1. The van der Waals surface area contributed by atoms with Crippen molar-refractivity contribution in [2.45, 2.75) is 26.4 Å². The highest BCUT2D eigenvalue weighted by atomic mass is 16.2. The number of carbonyl (C=O) groups excluding carboxylic acids is 1.